The van der Waals surface area contributed by atoms with E-state index in [0.29, 0.717) is 5.69 Å². The smallest absolute Gasteiger partial charge is 0.247 e. The van der Waals surface area contributed by atoms with E-state index in [2.05, 4.69) is 5.32 Å². The Morgan fingerprint density at radius 2 is 1.64 bits per heavy atom. The Labute approximate surface area is 195 Å². The van der Waals surface area contributed by atoms with E-state index >= 15 is 0 Å². The topological polar surface area (TPSA) is 86.8 Å². The molecule has 176 valence electrons. The van der Waals surface area contributed by atoms with Crippen molar-refractivity contribution >= 4 is 27.5 Å². The molecule has 2 aromatic carbocycles. The summed E-state index contributed by atoms with van der Waals surface area (Å²) in [4.78, 5) is 28.8. The Morgan fingerprint density at radius 1 is 1.03 bits per heavy atom. The van der Waals surface area contributed by atoms with Crippen LogP contribution in [0.1, 0.15) is 43.7 Å². The predicted molar refractivity (Wildman–Crippen MR) is 127 cm³/mol. The maximum Gasteiger partial charge on any atom is 0.247 e. The van der Waals surface area contributed by atoms with Crippen molar-refractivity contribution in [3.05, 3.63) is 59.7 Å². The third-order valence-corrected chi connectivity index (χ3v) is 8.37. The zero-order valence-electron chi connectivity index (χ0n) is 19.4. The van der Waals surface area contributed by atoms with Crippen molar-refractivity contribution in [1.29, 1.82) is 0 Å². The number of nitrogens with zero attached hydrogens (tertiary/aromatic N) is 2. The molecular formula is C25H31N3O4S. The Hall–Kier alpha value is -2.71. The minimum absolute atomic E-state index is 0.0478. The number of anilines is 1. The van der Waals surface area contributed by atoms with Gasteiger partial charge < -0.3 is 5.32 Å². The summed E-state index contributed by atoms with van der Waals surface area (Å²) >= 11 is 0. The van der Waals surface area contributed by atoms with Crippen molar-refractivity contribution in [3.8, 4) is 0 Å². The minimum Gasteiger partial charge on any atom is -0.351 e. The summed E-state index contributed by atoms with van der Waals surface area (Å²) in [6.07, 6.45) is 3.89. The highest BCUT2D eigenvalue weighted by Gasteiger charge is 2.51. The van der Waals surface area contributed by atoms with Gasteiger partial charge in [0.25, 0.3) is 0 Å². The van der Waals surface area contributed by atoms with Gasteiger partial charge in [0, 0.05) is 18.3 Å². The van der Waals surface area contributed by atoms with Crippen LogP contribution in [0.25, 0.3) is 0 Å². The Morgan fingerprint density at radius 3 is 2.24 bits per heavy atom. The van der Waals surface area contributed by atoms with Gasteiger partial charge >= 0.3 is 0 Å². The van der Waals surface area contributed by atoms with Gasteiger partial charge in [0.1, 0.15) is 5.54 Å². The quantitative estimate of drug-likeness (QED) is 0.729. The van der Waals surface area contributed by atoms with E-state index in [4.69, 9.17) is 0 Å². The van der Waals surface area contributed by atoms with Gasteiger partial charge in [-0.3, -0.25) is 14.5 Å². The number of nitrogens with one attached hydrogen (secondary N) is 1. The molecule has 1 saturated heterocycles. The van der Waals surface area contributed by atoms with E-state index in [1.807, 2.05) is 32.0 Å². The first-order chi connectivity index (χ1) is 15.6. The molecule has 1 N–H and O–H groups in total. The molecule has 8 heteroatoms. The molecule has 0 bridgehead atoms. The van der Waals surface area contributed by atoms with Crippen LogP contribution >= 0.6 is 0 Å². The van der Waals surface area contributed by atoms with Gasteiger partial charge in [-0.05, 0) is 69.0 Å². The summed E-state index contributed by atoms with van der Waals surface area (Å²) in [5.41, 5.74) is 1.16. The lowest BCUT2D eigenvalue weighted by atomic mass is 9.93. The highest BCUT2D eigenvalue weighted by atomic mass is 32.2. The van der Waals surface area contributed by atoms with Crippen LogP contribution in [0, 0.1) is 13.8 Å². The fraction of sp³-hybridized carbons (Fsp3) is 0.440. The van der Waals surface area contributed by atoms with Crippen LogP contribution in [0.4, 0.5) is 5.69 Å². The molecular weight excluding hydrogens is 438 g/mol. The number of piperazine rings is 1. The molecule has 2 aliphatic rings. The lowest BCUT2D eigenvalue weighted by Crippen LogP contribution is -2.70. The van der Waals surface area contributed by atoms with Crippen LogP contribution in [0.3, 0.4) is 0 Å². The second-order valence-electron chi connectivity index (χ2n) is 9.39. The predicted octanol–water partition coefficient (Wildman–Crippen LogP) is 3.16. The Balaban J connectivity index is 1.75. The molecule has 2 aromatic rings. The number of carbonyl (C=O) groups excluding carboxylic acids is 2. The van der Waals surface area contributed by atoms with Crippen molar-refractivity contribution in [2.75, 3.05) is 18.0 Å². The Bertz CT molecular complexity index is 1140. The van der Waals surface area contributed by atoms with E-state index in [1.54, 1.807) is 25.1 Å². The van der Waals surface area contributed by atoms with Gasteiger partial charge in [0.2, 0.25) is 21.8 Å². The molecule has 0 radical (unpaired) electrons. The number of aryl methyl sites for hydroxylation is 2. The number of rotatable bonds is 5. The molecule has 1 saturated carbocycles. The van der Waals surface area contributed by atoms with E-state index in [9.17, 15) is 18.0 Å². The normalized spacial score (nSPS) is 22.5. The second kappa shape index (κ2) is 8.91. The summed E-state index contributed by atoms with van der Waals surface area (Å²) in [7, 11) is -3.94. The average Bonchev–Trinajstić information content (AvgIpc) is 3.26. The second-order valence-corrected chi connectivity index (χ2v) is 11.3. The van der Waals surface area contributed by atoms with Gasteiger partial charge in [-0.1, -0.05) is 37.1 Å². The van der Waals surface area contributed by atoms with Crippen molar-refractivity contribution in [3.63, 3.8) is 0 Å². The van der Waals surface area contributed by atoms with Crippen LogP contribution < -0.4 is 10.2 Å². The minimum atomic E-state index is -3.94. The Kier molecular flexibility index (Phi) is 6.33. The molecule has 0 aromatic heterocycles. The highest BCUT2D eigenvalue weighted by Crippen LogP contribution is 2.34. The molecule has 33 heavy (non-hydrogen) atoms. The van der Waals surface area contributed by atoms with Gasteiger partial charge in [0.15, 0.2) is 0 Å². The molecule has 2 amide bonds. The SMILES string of the molecule is Cc1cc(C)cc(N2C(=O)CN(S(=O)(=O)c3ccccc3)C[C@@]2(C)C(=O)NC2CCCC2)c1. The van der Waals surface area contributed by atoms with E-state index < -0.39 is 21.5 Å². The zero-order chi connectivity index (χ0) is 23.8. The van der Waals surface area contributed by atoms with E-state index in [-0.39, 0.29) is 29.9 Å². The van der Waals surface area contributed by atoms with Crippen molar-refractivity contribution < 1.29 is 18.0 Å². The largest absolute Gasteiger partial charge is 0.351 e. The van der Waals surface area contributed by atoms with Crippen molar-refractivity contribution in [2.24, 2.45) is 0 Å². The van der Waals surface area contributed by atoms with E-state index in [0.717, 1.165) is 41.1 Å². The van der Waals surface area contributed by atoms with Crippen LogP contribution in [-0.2, 0) is 19.6 Å². The van der Waals surface area contributed by atoms with Crippen LogP contribution in [-0.4, -0.2) is 49.2 Å². The van der Waals surface area contributed by atoms with Crippen LogP contribution in [0.2, 0.25) is 0 Å². The number of amides is 2. The lowest BCUT2D eigenvalue weighted by Gasteiger charge is -2.47. The first-order valence-electron chi connectivity index (χ1n) is 11.4. The third-order valence-electron chi connectivity index (χ3n) is 6.56. The number of hydrogen-bond donors (Lipinski definition) is 1. The molecule has 7 nitrogen and oxygen atoms in total. The fourth-order valence-corrected chi connectivity index (χ4v) is 6.47. The number of hydrogen-bond acceptors (Lipinski definition) is 4. The number of benzene rings is 2. The van der Waals surface area contributed by atoms with E-state index in [1.165, 1.54) is 17.0 Å². The molecule has 4 rings (SSSR count). The number of sulfonamides is 1. The summed E-state index contributed by atoms with van der Waals surface area (Å²) in [6, 6.07) is 13.8. The van der Waals surface area contributed by atoms with Crippen LogP contribution in [0.15, 0.2) is 53.4 Å². The maximum atomic E-state index is 13.7. The molecule has 2 fully saturated rings. The zero-order valence-corrected chi connectivity index (χ0v) is 20.2. The summed E-state index contributed by atoms with van der Waals surface area (Å²) in [5, 5.41) is 3.10. The third kappa shape index (κ3) is 4.54. The summed E-state index contributed by atoms with van der Waals surface area (Å²) in [5.74, 6) is -0.746. The number of carbonyl (C=O) groups is 2. The van der Waals surface area contributed by atoms with Crippen molar-refractivity contribution in [2.45, 2.75) is 62.9 Å². The van der Waals surface area contributed by atoms with Crippen molar-refractivity contribution in [1.82, 2.24) is 9.62 Å². The first kappa shape index (κ1) is 23.4. The molecule has 0 unspecified atom stereocenters. The lowest BCUT2D eigenvalue weighted by molar-refractivity contribution is -0.133. The molecule has 1 aliphatic carbocycles. The summed E-state index contributed by atoms with van der Waals surface area (Å²) < 4.78 is 27.9. The monoisotopic (exact) mass is 469 g/mol. The van der Waals surface area contributed by atoms with Gasteiger partial charge in [-0.25, -0.2) is 8.42 Å². The van der Waals surface area contributed by atoms with Gasteiger partial charge in [-0.2, -0.15) is 4.31 Å². The molecule has 1 heterocycles. The first-order valence-corrected chi connectivity index (χ1v) is 12.8. The molecule has 0 spiro atoms. The summed E-state index contributed by atoms with van der Waals surface area (Å²) in [6.45, 7) is 5.09. The highest BCUT2D eigenvalue weighted by molar-refractivity contribution is 7.89. The standard InChI is InChI=1S/C25H31N3O4S/c1-18-13-19(2)15-21(14-18)28-23(29)16-27(33(31,32)22-11-5-4-6-12-22)17-25(28,3)24(30)26-20-9-7-8-10-20/h4-6,11-15,20H,7-10,16-17H2,1-3H3,(H,26,30)/t25-/m0/s1. The molecule has 1 atom stereocenters. The van der Waals surface area contributed by atoms with Gasteiger partial charge in [-0.15, -0.1) is 0 Å². The van der Waals surface area contributed by atoms with Crippen LogP contribution in [0.5, 0.6) is 0 Å². The van der Waals surface area contributed by atoms with Gasteiger partial charge in [0.05, 0.1) is 11.4 Å². The molecule has 1 aliphatic heterocycles. The average molecular weight is 470 g/mol. The maximum absolute atomic E-state index is 13.7. The fourth-order valence-electron chi connectivity index (χ4n) is 4.97.